The summed E-state index contributed by atoms with van der Waals surface area (Å²) in [5.74, 6) is 0. The number of hydrogen-bond acceptors (Lipinski definition) is 4. The minimum absolute atomic E-state index is 0.185. The molecule has 0 saturated heterocycles. The molecule has 0 amide bonds. The van der Waals surface area contributed by atoms with Gasteiger partial charge in [-0.25, -0.2) is 13.1 Å². The van der Waals surface area contributed by atoms with Crippen LogP contribution in [0.15, 0.2) is 64.3 Å². The first kappa shape index (κ1) is 19.4. The molecule has 4 rings (SSSR count). The third kappa shape index (κ3) is 3.95. The molecule has 0 radical (unpaired) electrons. The van der Waals surface area contributed by atoms with Gasteiger partial charge in [0.25, 0.3) is 5.56 Å². The minimum Gasteiger partial charge on any atom is -0.354 e. The molecule has 2 aromatic heterocycles. The lowest BCUT2D eigenvalue weighted by Crippen LogP contribution is -2.31. The van der Waals surface area contributed by atoms with Crippen molar-refractivity contribution >= 4 is 31.8 Å². The van der Waals surface area contributed by atoms with E-state index in [0.29, 0.717) is 29.9 Å². The predicted octanol–water partition coefficient (Wildman–Crippen LogP) is 2.52. The summed E-state index contributed by atoms with van der Waals surface area (Å²) in [6.07, 6.45) is 0. The molecule has 150 valence electrons. The zero-order chi connectivity index (χ0) is 20.6. The maximum Gasteiger partial charge on any atom is 0.257 e. The maximum absolute atomic E-state index is 12.5. The fourth-order valence-corrected chi connectivity index (χ4v) is 4.30. The van der Waals surface area contributed by atoms with E-state index in [2.05, 4.69) is 14.7 Å². The fourth-order valence-electron chi connectivity index (χ4n) is 3.25. The number of likely N-dealkylation sites (N-methyl/N-ethyl adjacent to an activating group) is 1. The van der Waals surface area contributed by atoms with Crippen molar-refractivity contribution in [1.82, 2.24) is 19.6 Å². The first-order valence-corrected chi connectivity index (χ1v) is 10.7. The number of benzene rings is 2. The first-order valence-electron chi connectivity index (χ1n) is 9.23. The average Bonchev–Trinajstić information content (AvgIpc) is 3.10. The Morgan fingerprint density at radius 3 is 2.48 bits per heavy atom. The van der Waals surface area contributed by atoms with Gasteiger partial charge in [-0.2, -0.15) is 0 Å². The molecule has 0 aliphatic heterocycles. The van der Waals surface area contributed by atoms with Crippen LogP contribution in [0.1, 0.15) is 0 Å². The van der Waals surface area contributed by atoms with Gasteiger partial charge in [-0.05, 0) is 49.8 Å². The van der Waals surface area contributed by atoms with Gasteiger partial charge < -0.3 is 14.9 Å². The summed E-state index contributed by atoms with van der Waals surface area (Å²) in [6, 6.07) is 16.2. The SMILES string of the molecule is CN(C)CCNS(=O)(=O)c1ccc2cc(-c3cc4ccccc4[nH]c3=O)[nH]c2c1. The van der Waals surface area contributed by atoms with E-state index in [1.165, 1.54) is 0 Å². The predicted molar refractivity (Wildman–Crippen MR) is 116 cm³/mol. The van der Waals surface area contributed by atoms with Gasteiger partial charge in [0.15, 0.2) is 0 Å². The monoisotopic (exact) mass is 410 g/mol. The van der Waals surface area contributed by atoms with E-state index in [1.807, 2.05) is 55.4 Å². The molecule has 8 heteroatoms. The number of pyridine rings is 1. The molecule has 0 unspecified atom stereocenters. The lowest BCUT2D eigenvalue weighted by Gasteiger charge is -2.11. The normalized spacial score (nSPS) is 12.2. The highest BCUT2D eigenvalue weighted by Gasteiger charge is 2.16. The highest BCUT2D eigenvalue weighted by atomic mass is 32.2. The quantitative estimate of drug-likeness (QED) is 0.455. The summed E-state index contributed by atoms with van der Waals surface area (Å²) >= 11 is 0. The largest absolute Gasteiger partial charge is 0.354 e. The van der Waals surface area contributed by atoms with E-state index >= 15 is 0 Å². The molecular weight excluding hydrogens is 388 g/mol. The Morgan fingerprint density at radius 2 is 1.69 bits per heavy atom. The topological polar surface area (TPSA) is 98.1 Å². The molecule has 0 fully saturated rings. The smallest absolute Gasteiger partial charge is 0.257 e. The van der Waals surface area contributed by atoms with Gasteiger partial charge in [0.2, 0.25) is 10.0 Å². The zero-order valence-corrected chi connectivity index (χ0v) is 17.0. The lowest BCUT2D eigenvalue weighted by molar-refractivity contribution is 0.412. The fraction of sp³-hybridized carbons (Fsp3) is 0.190. The number of fused-ring (bicyclic) bond motifs is 2. The molecule has 2 aromatic carbocycles. The van der Waals surface area contributed by atoms with Crippen LogP contribution in [0.5, 0.6) is 0 Å². The lowest BCUT2D eigenvalue weighted by atomic mass is 10.1. The van der Waals surface area contributed by atoms with Crippen LogP contribution in [-0.2, 0) is 10.0 Å². The van der Waals surface area contributed by atoms with E-state index in [-0.39, 0.29) is 10.5 Å². The maximum atomic E-state index is 12.5. The summed E-state index contributed by atoms with van der Waals surface area (Å²) in [6.45, 7) is 0.939. The minimum atomic E-state index is -3.60. The number of nitrogens with zero attached hydrogens (tertiary/aromatic N) is 1. The molecule has 0 atom stereocenters. The summed E-state index contributed by atoms with van der Waals surface area (Å²) in [5, 5.41) is 1.76. The molecule has 0 aliphatic rings. The summed E-state index contributed by atoms with van der Waals surface area (Å²) in [7, 11) is 0.164. The second kappa shape index (κ2) is 7.47. The van der Waals surface area contributed by atoms with Crippen molar-refractivity contribution in [3.8, 4) is 11.3 Å². The Balaban J connectivity index is 1.71. The van der Waals surface area contributed by atoms with Crippen molar-refractivity contribution in [2.45, 2.75) is 4.90 Å². The van der Waals surface area contributed by atoms with E-state index in [4.69, 9.17) is 0 Å². The number of aromatic amines is 2. The van der Waals surface area contributed by atoms with Gasteiger partial charge in [0.1, 0.15) is 0 Å². The third-order valence-electron chi connectivity index (χ3n) is 4.80. The van der Waals surface area contributed by atoms with Crippen LogP contribution >= 0.6 is 0 Å². The summed E-state index contributed by atoms with van der Waals surface area (Å²) in [5.41, 5.74) is 2.38. The molecule has 3 N–H and O–H groups in total. The van der Waals surface area contributed by atoms with Gasteiger partial charge in [0, 0.05) is 29.5 Å². The number of nitrogens with one attached hydrogen (secondary N) is 3. The van der Waals surface area contributed by atoms with Gasteiger partial charge in [-0.1, -0.05) is 24.3 Å². The zero-order valence-electron chi connectivity index (χ0n) is 16.2. The van der Waals surface area contributed by atoms with Crippen LogP contribution in [0.3, 0.4) is 0 Å². The molecule has 29 heavy (non-hydrogen) atoms. The summed E-state index contributed by atoms with van der Waals surface area (Å²) in [4.78, 5) is 20.7. The molecule has 7 nitrogen and oxygen atoms in total. The van der Waals surface area contributed by atoms with Crippen LogP contribution in [0, 0.1) is 0 Å². The van der Waals surface area contributed by atoms with Gasteiger partial charge in [-0.15, -0.1) is 0 Å². The average molecular weight is 410 g/mol. The van der Waals surface area contributed by atoms with Gasteiger partial charge in [0.05, 0.1) is 16.2 Å². The van der Waals surface area contributed by atoms with Gasteiger partial charge >= 0.3 is 0 Å². The van der Waals surface area contributed by atoms with Crippen LogP contribution in [0.4, 0.5) is 0 Å². The number of sulfonamides is 1. The highest BCUT2D eigenvalue weighted by molar-refractivity contribution is 7.89. The van der Waals surface area contributed by atoms with Crippen molar-refractivity contribution < 1.29 is 8.42 Å². The van der Waals surface area contributed by atoms with Crippen molar-refractivity contribution in [2.75, 3.05) is 27.2 Å². The number of rotatable bonds is 6. The molecule has 0 aliphatic carbocycles. The number of H-pyrrole nitrogens is 2. The molecule has 2 heterocycles. The molecular formula is C21H22N4O3S. The number of aromatic nitrogens is 2. The summed E-state index contributed by atoms with van der Waals surface area (Å²) < 4.78 is 27.7. The number of para-hydroxylation sites is 1. The number of hydrogen-bond donors (Lipinski definition) is 3. The Morgan fingerprint density at radius 1 is 0.931 bits per heavy atom. The third-order valence-corrected chi connectivity index (χ3v) is 6.26. The van der Waals surface area contributed by atoms with Crippen molar-refractivity contribution in [3.05, 3.63) is 65.0 Å². The second-order valence-electron chi connectivity index (χ2n) is 7.23. The standard InChI is InChI=1S/C21H22N4O3S/c1-25(2)10-9-22-29(27,28)16-8-7-15-12-20(23-19(15)13-16)17-11-14-5-3-4-6-18(14)24-21(17)26/h3-8,11-13,22-23H,9-10H2,1-2H3,(H,24,26). The van der Waals surface area contributed by atoms with E-state index < -0.39 is 10.0 Å². The van der Waals surface area contributed by atoms with Crippen LogP contribution in [0.25, 0.3) is 33.1 Å². The highest BCUT2D eigenvalue weighted by Crippen LogP contribution is 2.25. The van der Waals surface area contributed by atoms with Crippen LogP contribution in [0.2, 0.25) is 0 Å². The Labute approximate surface area is 168 Å². The second-order valence-corrected chi connectivity index (χ2v) is 9.00. The Bertz CT molecular complexity index is 1350. The van der Waals surface area contributed by atoms with Gasteiger partial charge in [-0.3, -0.25) is 4.79 Å². The molecule has 4 aromatic rings. The molecule has 0 spiro atoms. The molecule has 0 bridgehead atoms. The van der Waals surface area contributed by atoms with Crippen molar-refractivity contribution in [2.24, 2.45) is 0 Å². The van der Waals surface area contributed by atoms with Crippen molar-refractivity contribution in [3.63, 3.8) is 0 Å². The Kier molecular flexibility index (Phi) is 4.99. The van der Waals surface area contributed by atoms with Crippen LogP contribution < -0.4 is 10.3 Å². The Hall–Kier alpha value is -2.94. The van der Waals surface area contributed by atoms with Crippen LogP contribution in [-0.4, -0.2) is 50.5 Å². The van der Waals surface area contributed by atoms with Crippen molar-refractivity contribution in [1.29, 1.82) is 0 Å². The molecule has 0 saturated carbocycles. The van der Waals surface area contributed by atoms with E-state index in [0.717, 1.165) is 16.3 Å². The van der Waals surface area contributed by atoms with E-state index in [1.54, 1.807) is 18.2 Å². The van der Waals surface area contributed by atoms with E-state index in [9.17, 15) is 13.2 Å². The first-order chi connectivity index (χ1) is 13.8.